The van der Waals surface area contributed by atoms with Gasteiger partial charge in [0.15, 0.2) is 11.6 Å². The largest absolute Gasteiger partial charge is 0.306 e. The minimum Gasteiger partial charge on any atom is -0.306 e. The Balaban J connectivity index is 2.59. The van der Waals surface area contributed by atoms with Crippen LogP contribution in [0.5, 0.6) is 0 Å². The second-order valence-electron chi connectivity index (χ2n) is 4.42. The molecule has 0 radical (unpaired) electrons. The average Bonchev–Trinajstić information content (AvgIpc) is 2.46. The van der Waals surface area contributed by atoms with Gasteiger partial charge in [-0.3, -0.25) is 0 Å². The lowest BCUT2D eigenvalue weighted by Crippen LogP contribution is -2.24. The smallest absolute Gasteiger partial charge is 0.173 e. The van der Waals surface area contributed by atoms with Gasteiger partial charge in [-0.05, 0) is 52.3 Å². The maximum atomic E-state index is 14.0. The summed E-state index contributed by atoms with van der Waals surface area (Å²) in [5.74, 6) is -3.31. The van der Waals surface area contributed by atoms with Crippen LogP contribution in [-0.2, 0) is 0 Å². The first-order valence-corrected chi connectivity index (χ1v) is 7.06. The first-order valence-electron chi connectivity index (χ1n) is 6.27. The zero-order chi connectivity index (χ0) is 15.6. The molecule has 0 heterocycles. The second-order valence-corrected chi connectivity index (χ2v) is 5.21. The number of nitrogens with one attached hydrogen (secondary N) is 1. The molecule has 0 spiro atoms. The lowest BCUT2D eigenvalue weighted by atomic mass is 9.97. The maximum Gasteiger partial charge on any atom is 0.173 e. The number of hydrogen-bond acceptors (Lipinski definition) is 1. The fraction of sp³-hybridized carbons (Fsp3) is 0.200. The summed E-state index contributed by atoms with van der Waals surface area (Å²) in [6.07, 6.45) is 0. The van der Waals surface area contributed by atoms with E-state index < -0.39 is 29.3 Å². The molecule has 112 valence electrons. The molecule has 0 aromatic heterocycles. The van der Waals surface area contributed by atoms with Crippen LogP contribution >= 0.6 is 15.9 Å². The van der Waals surface area contributed by atoms with Crippen molar-refractivity contribution in [2.45, 2.75) is 13.0 Å². The van der Waals surface area contributed by atoms with Crippen molar-refractivity contribution in [2.75, 3.05) is 6.54 Å². The predicted molar refractivity (Wildman–Crippen MR) is 75.9 cm³/mol. The van der Waals surface area contributed by atoms with Gasteiger partial charge in [0, 0.05) is 5.56 Å². The summed E-state index contributed by atoms with van der Waals surface area (Å²) < 4.78 is 54.1. The third kappa shape index (κ3) is 3.27. The van der Waals surface area contributed by atoms with E-state index in [0.29, 0.717) is 12.1 Å². The molecule has 1 nitrogen and oxygen atoms in total. The van der Waals surface area contributed by atoms with Gasteiger partial charge in [-0.25, -0.2) is 17.6 Å². The van der Waals surface area contributed by atoms with Gasteiger partial charge < -0.3 is 5.32 Å². The van der Waals surface area contributed by atoms with Gasteiger partial charge in [0.2, 0.25) is 0 Å². The third-order valence-corrected chi connectivity index (χ3v) is 3.86. The molecule has 0 saturated heterocycles. The summed E-state index contributed by atoms with van der Waals surface area (Å²) in [6.45, 7) is 2.21. The minimum atomic E-state index is -1.06. The van der Waals surface area contributed by atoms with Crippen LogP contribution < -0.4 is 5.32 Å². The first-order chi connectivity index (χ1) is 9.95. The number of hydrogen-bond donors (Lipinski definition) is 1. The number of rotatable bonds is 4. The van der Waals surface area contributed by atoms with Crippen molar-refractivity contribution in [1.82, 2.24) is 5.32 Å². The fourth-order valence-corrected chi connectivity index (χ4v) is 2.64. The first kappa shape index (κ1) is 16.0. The van der Waals surface area contributed by atoms with E-state index in [1.165, 1.54) is 6.07 Å². The molecule has 0 amide bonds. The summed E-state index contributed by atoms with van der Waals surface area (Å²) in [5, 5.41) is 2.94. The van der Waals surface area contributed by atoms with E-state index in [1.54, 1.807) is 6.92 Å². The molecule has 6 heteroatoms. The number of halogens is 5. The minimum absolute atomic E-state index is 0.0311. The zero-order valence-corrected chi connectivity index (χ0v) is 12.6. The van der Waals surface area contributed by atoms with Crippen molar-refractivity contribution in [3.63, 3.8) is 0 Å². The second kappa shape index (κ2) is 6.58. The molecule has 0 aliphatic heterocycles. The van der Waals surface area contributed by atoms with Gasteiger partial charge in [-0.1, -0.05) is 13.0 Å². The van der Waals surface area contributed by atoms with Gasteiger partial charge in [0.1, 0.15) is 11.6 Å². The van der Waals surface area contributed by atoms with Crippen LogP contribution in [0.15, 0.2) is 34.8 Å². The summed E-state index contributed by atoms with van der Waals surface area (Å²) in [7, 11) is 0. The summed E-state index contributed by atoms with van der Waals surface area (Å²) >= 11 is 2.97. The van der Waals surface area contributed by atoms with Crippen LogP contribution in [-0.4, -0.2) is 6.54 Å². The number of benzene rings is 2. The van der Waals surface area contributed by atoms with Crippen LogP contribution in [0.4, 0.5) is 17.6 Å². The molecular weight excluding hydrogens is 350 g/mol. The van der Waals surface area contributed by atoms with Gasteiger partial charge in [0.25, 0.3) is 0 Å². The quantitative estimate of drug-likeness (QED) is 0.614. The molecule has 21 heavy (non-hydrogen) atoms. The van der Waals surface area contributed by atoms with Gasteiger partial charge in [0.05, 0.1) is 10.5 Å². The lowest BCUT2D eigenvalue weighted by Gasteiger charge is -2.21. The Hall–Kier alpha value is -1.40. The summed E-state index contributed by atoms with van der Waals surface area (Å²) in [4.78, 5) is 0. The van der Waals surface area contributed by atoms with Gasteiger partial charge in [-0.15, -0.1) is 0 Å². The Morgan fingerprint density at radius 1 is 1.00 bits per heavy atom. The molecule has 1 N–H and O–H groups in total. The van der Waals surface area contributed by atoms with Gasteiger partial charge in [-0.2, -0.15) is 0 Å². The summed E-state index contributed by atoms with van der Waals surface area (Å²) in [5.41, 5.74) is 0.323. The molecule has 0 bridgehead atoms. The van der Waals surface area contributed by atoms with E-state index in [-0.39, 0.29) is 10.0 Å². The Morgan fingerprint density at radius 2 is 1.67 bits per heavy atom. The Morgan fingerprint density at radius 3 is 2.33 bits per heavy atom. The van der Waals surface area contributed by atoms with Gasteiger partial charge >= 0.3 is 0 Å². The van der Waals surface area contributed by atoms with Crippen molar-refractivity contribution in [1.29, 1.82) is 0 Å². The van der Waals surface area contributed by atoms with E-state index in [0.717, 1.165) is 24.3 Å². The van der Waals surface area contributed by atoms with Crippen molar-refractivity contribution in [2.24, 2.45) is 0 Å². The monoisotopic (exact) mass is 361 g/mol. The topological polar surface area (TPSA) is 12.0 Å². The Bertz CT molecular complexity index is 660. The molecule has 2 aromatic carbocycles. The maximum absolute atomic E-state index is 14.0. The molecular formula is C15H12BrF4N. The van der Waals surface area contributed by atoms with Crippen LogP contribution in [0.1, 0.15) is 24.1 Å². The van der Waals surface area contributed by atoms with Crippen LogP contribution in [0.3, 0.4) is 0 Å². The fourth-order valence-electron chi connectivity index (χ4n) is 2.09. The van der Waals surface area contributed by atoms with Crippen molar-refractivity contribution in [3.8, 4) is 0 Å². The highest BCUT2D eigenvalue weighted by atomic mass is 79.9. The molecule has 0 aliphatic rings. The molecule has 0 fully saturated rings. The van der Waals surface area contributed by atoms with E-state index in [1.807, 2.05) is 0 Å². The highest BCUT2D eigenvalue weighted by molar-refractivity contribution is 9.10. The Labute approximate surface area is 128 Å². The molecule has 2 rings (SSSR count). The Kier molecular flexibility index (Phi) is 5.00. The van der Waals surface area contributed by atoms with E-state index in [9.17, 15) is 17.6 Å². The van der Waals surface area contributed by atoms with E-state index >= 15 is 0 Å². The highest BCUT2D eigenvalue weighted by Gasteiger charge is 2.23. The van der Waals surface area contributed by atoms with Crippen LogP contribution in [0, 0.1) is 23.3 Å². The molecule has 0 saturated carbocycles. The SMILES string of the molecule is CCNC(c1cc(F)ccc1F)c1ccc(F)c(F)c1Br. The third-order valence-electron chi connectivity index (χ3n) is 3.05. The van der Waals surface area contributed by atoms with Crippen molar-refractivity contribution < 1.29 is 17.6 Å². The zero-order valence-electron chi connectivity index (χ0n) is 11.1. The molecule has 0 aliphatic carbocycles. The highest BCUT2D eigenvalue weighted by Crippen LogP contribution is 2.33. The van der Waals surface area contributed by atoms with E-state index in [4.69, 9.17) is 0 Å². The standard InChI is InChI=1S/C15H12BrF4N/c1-2-21-15(10-7-8(17)3-5-11(10)18)9-4-6-12(19)14(20)13(9)16/h3-7,15,21H,2H2,1H3. The normalized spacial score (nSPS) is 12.5. The molecule has 1 unspecified atom stereocenters. The van der Waals surface area contributed by atoms with Crippen LogP contribution in [0.2, 0.25) is 0 Å². The summed E-state index contributed by atoms with van der Waals surface area (Å²) in [6, 6.07) is 4.54. The average molecular weight is 362 g/mol. The molecule has 1 atom stereocenters. The van der Waals surface area contributed by atoms with E-state index in [2.05, 4.69) is 21.2 Å². The predicted octanol–water partition coefficient (Wildman–Crippen LogP) is 4.70. The van der Waals surface area contributed by atoms with Crippen LogP contribution in [0.25, 0.3) is 0 Å². The van der Waals surface area contributed by atoms with Crippen molar-refractivity contribution >= 4 is 15.9 Å². The molecule has 2 aromatic rings. The lowest BCUT2D eigenvalue weighted by molar-refractivity contribution is 0.495. The van der Waals surface area contributed by atoms with Crippen molar-refractivity contribution in [3.05, 3.63) is 69.2 Å².